The molecule has 1 unspecified atom stereocenters. The van der Waals surface area contributed by atoms with Gasteiger partial charge in [-0.25, -0.2) is 13.8 Å². The topological polar surface area (TPSA) is 100 Å². The van der Waals surface area contributed by atoms with Gasteiger partial charge < -0.3 is 16.4 Å². The molecule has 0 saturated carbocycles. The summed E-state index contributed by atoms with van der Waals surface area (Å²) in [6.07, 6.45) is 1.51. The van der Waals surface area contributed by atoms with E-state index in [0.29, 0.717) is 28.5 Å². The maximum absolute atomic E-state index is 13.7. The Bertz CT molecular complexity index is 1180. The normalized spacial score (nSPS) is 11.8. The zero-order valence-corrected chi connectivity index (χ0v) is 19.9. The van der Waals surface area contributed by atoms with E-state index in [0.717, 1.165) is 17.7 Å². The first-order valence-electron chi connectivity index (χ1n) is 10.8. The number of nitrogen functional groups attached to an aromatic ring is 1. The van der Waals surface area contributed by atoms with Crippen LogP contribution in [0.25, 0.3) is 0 Å². The molecule has 1 heterocycles. The summed E-state index contributed by atoms with van der Waals surface area (Å²) in [5.74, 6) is -2.53. The zero-order valence-electron chi connectivity index (χ0n) is 19.1. The Morgan fingerprint density at radius 3 is 2.51 bits per heavy atom. The van der Waals surface area contributed by atoms with Crippen LogP contribution in [0.15, 0.2) is 60.8 Å². The largest absolute Gasteiger partial charge is 0.384 e. The summed E-state index contributed by atoms with van der Waals surface area (Å²) < 4.78 is 27.0. The summed E-state index contributed by atoms with van der Waals surface area (Å²) in [5.41, 5.74) is 7.59. The molecule has 1 atom stereocenters. The van der Waals surface area contributed by atoms with E-state index in [9.17, 15) is 18.4 Å². The fourth-order valence-corrected chi connectivity index (χ4v) is 3.67. The molecule has 2 aromatic carbocycles. The lowest BCUT2D eigenvalue weighted by Gasteiger charge is -2.21. The van der Waals surface area contributed by atoms with E-state index < -0.39 is 29.5 Å². The maximum Gasteiger partial charge on any atom is 0.243 e. The van der Waals surface area contributed by atoms with Gasteiger partial charge >= 0.3 is 0 Å². The van der Waals surface area contributed by atoms with Crippen LogP contribution in [-0.4, -0.2) is 41.3 Å². The van der Waals surface area contributed by atoms with Crippen molar-refractivity contribution in [3.8, 4) is 0 Å². The smallest absolute Gasteiger partial charge is 0.243 e. The van der Waals surface area contributed by atoms with Crippen LogP contribution in [0.1, 0.15) is 16.7 Å². The Morgan fingerprint density at radius 1 is 1.06 bits per heavy atom. The number of aromatic nitrogens is 1. The van der Waals surface area contributed by atoms with Gasteiger partial charge in [0.25, 0.3) is 0 Å². The molecule has 2 amide bonds. The van der Waals surface area contributed by atoms with Gasteiger partial charge in [-0.05, 0) is 54.1 Å². The molecule has 184 valence electrons. The summed E-state index contributed by atoms with van der Waals surface area (Å²) in [6, 6.07) is 13.0. The second-order valence-electron chi connectivity index (χ2n) is 8.18. The van der Waals surface area contributed by atoms with E-state index in [1.807, 2.05) is 12.1 Å². The maximum atomic E-state index is 13.7. The average molecular weight is 502 g/mol. The molecule has 0 spiro atoms. The molecule has 35 heavy (non-hydrogen) atoms. The number of hydrogen-bond acceptors (Lipinski definition) is 5. The van der Waals surface area contributed by atoms with Crippen LogP contribution >= 0.6 is 11.6 Å². The summed E-state index contributed by atoms with van der Waals surface area (Å²) in [6.45, 7) is 0.638. The number of benzene rings is 2. The van der Waals surface area contributed by atoms with Crippen molar-refractivity contribution in [2.24, 2.45) is 0 Å². The number of nitrogens with two attached hydrogens (primary N) is 1. The molecule has 0 bridgehead atoms. The number of amides is 2. The third kappa shape index (κ3) is 8.31. The number of carbonyl (C=O) groups is 2. The highest BCUT2D eigenvalue weighted by molar-refractivity contribution is 6.30. The van der Waals surface area contributed by atoms with Crippen molar-refractivity contribution in [3.05, 3.63) is 94.1 Å². The molecule has 10 heteroatoms. The van der Waals surface area contributed by atoms with E-state index in [-0.39, 0.29) is 19.5 Å². The van der Waals surface area contributed by atoms with Crippen molar-refractivity contribution in [1.29, 1.82) is 0 Å². The van der Waals surface area contributed by atoms with Crippen LogP contribution < -0.4 is 16.4 Å². The monoisotopic (exact) mass is 501 g/mol. The fraction of sp³-hybridized carbons (Fsp3) is 0.240. The van der Waals surface area contributed by atoms with Crippen LogP contribution in [0.4, 0.5) is 14.6 Å². The highest BCUT2D eigenvalue weighted by Crippen LogP contribution is 2.13. The lowest BCUT2D eigenvalue weighted by Crippen LogP contribution is -2.50. The number of hydrogen-bond donors (Lipinski definition) is 3. The van der Waals surface area contributed by atoms with E-state index in [1.165, 1.54) is 12.3 Å². The van der Waals surface area contributed by atoms with Gasteiger partial charge in [-0.1, -0.05) is 35.9 Å². The summed E-state index contributed by atoms with van der Waals surface area (Å²) >= 11 is 6.01. The third-order valence-corrected chi connectivity index (χ3v) is 5.38. The quantitative estimate of drug-likeness (QED) is 0.396. The molecule has 0 aliphatic rings. The van der Waals surface area contributed by atoms with Crippen molar-refractivity contribution in [1.82, 2.24) is 20.5 Å². The number of nitrogens with zero attached hydrogens (tertiary/aromatic N) is 2. The number of nitrogens with one attached hydrogen (secondary N) is 2. The van der Waals surface area contributed by atoms with Crippen LogP contribution in [0.2, 0.25) is 5.02 Å². The number of carbonyl (C=O) groups excluding carboxylic acids is 2. The van der Waals surface area contributed by atoms with Crippen molar-refractivity contribution < 1.29 is 18.4 Å². The summed E-state index contributed by atoms with van der Waals surface area (Å²) in [5, 5.41) is 6.04. The second-order valence-corrected chi connectivity index (χ2v) is 8.62. The molecule has 4 N–H and O–H groups in total. The van der Waals surface area contributed by atoms with E-state index in [1.54, 1.807) is 36.2 Å². The molecule has 0 fully saturated rings. The number of pyridine rings is 1. The van der Waals surface area contributed by atoms with Crippen molar-refractivity contribution >= 4 is 29.2 Å². The van der Waals surface area contributed by atoms with Crippen LogP contribution in [-0.2, 0) is 29.1 Å². The predicted octanol–water partition coefficient (Wildman–Crippen LogP) is 3.07. The minimum absolute atomic E-state index is 0.00988. The van der Waals surface area contributed by atoms with E-state index >= 15 is 0 Å². The minimum Gasteiger partial charge on any atom is -0.384 e. The molecule has 0 saturated heterocycles. The first kappa shape index (κ1) is 26.1. The highest BCUT2D eigenvalue weighted by atomic mass is 35.5. The van der Waals surface area contributed by atoms with E-state index in [2.05, 4.69) is 15.6 Å². The standard InChI is InChI=1S/C25H26ClF2N5O2/c1-33(14-17-3-2-4-19(26)9-17)15-24(34)32-22(11-16-5-7-20(27)21(28)10-16)25(35)31-13-18-6-8-23(29)30-12-18/h2-10,12,22H,11,13-15H2,1H3,(H2,29,30)(H,31,35)(H,32,34). The van der Waals surface area contributed by atoms with Gasteiger partial charge in [-0.3, -0.25) is 14.5 Å². The van der Waals surface area contributed by atoms with Gasteiger partial charge in [0.15, 0.2) is 11.6 Å². The molecular formula is C25H26ClF2N5O2. The van der Waals surface area contributed by atoms with Gasteiger partial charge in [0.05, 0.1) is 6.54 Å². The number of rotatable bonds is 10. The zero-order chi connectivity index (χ0) is 25.4. The molecule has 3 rings (SSSR count). The third-order valence-electron chi connectivity index (χ3n) is 5.14. The molecule has 1 aromatic heterocycles. The summed E-state index contributed by atoms with van der Waals surface area (Å²) in [7, 11) is 1.76. The van der Waals surface area contributed by atoms with Gasteiger partial charge in [0.2, 0.25) is 11.8 Å². The van der Waals surface area contributed by atoms with Crippen LogP contribution in [0, 0.1) is 11.6 Å². The molecule has 7 nitrogen and oxygen atoms in total. The first-order valence-corrected chi connectivity index (χ1v) is 11.2. The van der Waals surface area contributed by atoms with Gasteiger partial charge in [-0.2, -0.15) is 0 Å². The van der Waals surface area contributed by atoms with Gasteiger partial charge in [0, 0.05) is 30.7 Å². The van der Waals surface area contributed by atoms with Gasteiger partial charge in [-0.15, -0.1) is 0 Å². The molecule has 0 radical (unpaired) electrons. The van der Waals surface area contributed by atoms with Crippen molar-refractivity contribution in [3.63, 3.8) is 0 Å². The molecular weight excluding hydrogens is 476 g/mol. The van der Waals surface area contributed by atoms with Crippen LogP contribution in [0.3, 0.4) is 0 Å². The lowest BCUT2D eigenvalue weighted by atomic mass is 10.0. The molecule has 3 aromatic rings. The fourth-order valence-electron chi connectivity index (χ4n) is 3.45. The average Bonchev–Trinajstić information content (AvgIpc) is 2.80. The minimum atomic E-state index is -1.03. The van der Waals surface area contributed by atoms with Crippen LogP contribution in [0.5, 0.6) is 0 Å². The first-order chi connectivity index (χ1) is 16.7. The molecule has 0 aliphatic carbocycles. The number of anilines is 1. The van der Waals surface area contributed by atoms with Gasteiger partial charge in [0.1, 0.15) is 11.9 Å². The summed E-state index contributed by atoms with van der Waals surface area (Å²) in [4.78, 5) is 31.4. The number of likely N-dealkylation sites (N-methyl/N-ethyl adjacent to an activating group) is 1. The Labute approximate surface area is 207 Å². The predicted molar refractivity (Wildman–Crippen MR) is 130 cm³/mol. The Hall–Kier alpha value is -3.56. The Morgan fingerprint density at radius 2 is 1.83 bits per heavy atom. The lowest BCUT2D eigenvalue weighted by molar-refractivity contribution is -0.129. The highest BCUT2D eigenvalue weighted by Gasteiger charge is 2.22. The van der Waals surface area contributed by atoms with Crippen molar-refractivity contribution in [2.45, 2.75) is 25.6 Å². The second kappa shape index (κ2) is 12.2. The Balaban J connectivity index is 1.65. The Kier molecular flexibility index (Phi) is 9.11. The molecule has 0 aliphatic heterocycles. The van der Waals surface area contributed by atoms with Crippen molar-refractivity contribution in [2.75, 3.05) is 19.3 Å². The SMILES string of the molecule is CN(CC(=O)NC(Cc1ccc(F)c(F)c1)C(=O)NCc1ccc(N)nc1)Cc1cccc(Cl)c1. The van der Waals surface area contributed by atoms with E-state index in [4.69, 9.17) is 17.3 Å². The number of halogens is 3.